The molecule has 3 rings (SSSR count). The summed E-state index contributed by atoms with van der Waals surface area (Å²) < 4.78 is 20.6. The summed E-state index contributed by atoms with van der Waals surface area (Å²) in [4.78, 5) is 36.8. The fraction of sp³-hybridized carbons (Fsp3) is 0.269. The molecule has 2 amide bonds. The number of nitrogens with zero attached hydrogens (tertiary/aromatic N) is 3. The van der Waals surface area contributed by atoms with E-state index in [1.807, 2.05) is 4.57 Å². The molecule has 0 radical (unpaired) electrons. The molecule has 0 bridgehead atoms. The molecule has 0 aliphatic heterocycles. The van der Waals surface area contributed by atoms with Gasteiger partial charge in [0, 0.05) is 25.2 Å². The Morgan fingerprint density at radius 2 is 1.89 bits per heavy atom. The van der Waals surface area contributed by atoms with E-state index in [9.17, 15) is 18.8 Å². The van der Waals surface area contributed by atoms with Gasteiger partial charge in [-0.25, -0.2) is 9.18 Å². The van der Waals surface area contributed by atoms with E-state index in [0.29, 0.717) is 35.2 Å². The first-order chi connectivity index (χ1) is 17.8. The number of nitrogens with one attached hydrogen (secondary N) is 2. The molecule has 0 aliphatic rings. The normalized spacial score (nSPS) is 11.4. The number of allylic oxidation sites excluding steroid dienone is 1. The van der Waals surface area contributed by atoms with Crippen molar-refractivity contribution in [3.05, 3.63) is 84.0 Å². The van der Waals surface area contributed by atoms with Crippen LogP contribution in [0.15, 0.2) is 66.3 Å². The van der Waals surface area contributed by atoms with E-state index in [4.69, 9.17) is 4.74 Å². The molecule has 0 fully saturated rings. The van der Waals surface area contributed by atoms with Gasteiger partial charge in [0.1, 0.15) is 11.6 Å². The number of hydrogen-bond donors (Lipinski definition) is 2. The number of anilines is 1. The quantitative estimate of drug-likeness (QED) is 0.210. The van der Waals surface area contributed by atoms with Crippen LogP contribution in [-0.2, 0) is 22.5 Å². The van der Waals surface area contributed by atoms with Crippen LogP contribution in [0.3, 0.4) is 0 Å². The monoisotopic (exact) mass is 525 g/mol. The topological polar surface area (TPSA) is 115 Å². The van der Waals surface area contributed by atoms with Crippen LogP contribution in [0.25, 0.3) is 0 Å². The van der Waals surface area contributed by atoms with E-state index < -0.39 is 22.9 Å². The molecular weight excluding hydrogens is 497 g/mol. The minimum Gasteiger partial charge on any atom is -0.462 e. The van der Waals surface area contributed by atoms with Gasteiger partial charge >= 0.3 is 5.97 Å². The zero-order chi connectivity index (χ0) is 26.8. The van der Waals surface area contributed by atoms with Gasteiger partial charge in [-0.1, -0.05) is 30.0 Å². The molecule has 1 heterocycles. The Morgan fingerprint density at radius 3 is 2.57 bits per heavy atom. The largest absolute Gasteiger partial charge is 0.462 e. The van der Waals surface area contributed by atoms with E-state index in [2.05, 4.69) is 27.4 Å². The molecular formula is C26H28FN5O4S. The molecule has 0 unspecified atom stereocenters. The molecule has 194 valence electrons. The Bertz CT molecular complexity index is 1260. The Labute approximate surface area is 218 Å². The number of hydrogen-bond acceptors (Lipinski definition) is 7. The first kappa shape index (κ1) is 27.6. The summed E-state index contributed by atoms with van der Waals surface area (Å²) in [7, 11) is 0. The van der Waals surface area contributed by atoms with Crippen LogP contribution in [0, 0.1) is 5.82 Å². The second-order valence-corrected chi connectivity index (χ2v) is 9.14. The van der Waals surface area contributed by atoms with Gasteiger partial charge in [0.05, 0.1) is 23.0 Å². The van der Waals surface area contributed by atoms with Crippen LogP contribution in [0.4, 0.5) is 10.1 Å². The smallest absolute Gasteiger partial charge is 0.338 e. The summed E-state index contributed by atoms with van der Waals surface area (Å²) in [5, 5.41) is 13.9. The molecule has 0 saturated carbocycles. The Balaban J connectivity index is 1.58. The van der Waals surface area contributed by atoms with E-state index in [-0.39, 0.29) is 24.6 Å². The molecule has 0 spiro atoms. The van der Waals surface area contributed by atoms with Gasteiger partial charge in [0.25, 0.3) is 5.91 Å². The fourth-order valence-electron chi connectivity index (χ4n) is 3.29. The van der Waals surface area contributed by atoms with Gasteiger partial charge in [0.2, 0.25) is 5.91 Å². The summed E-state index contributed by atoms with van der Waals surface area (Å²) in [6, 6.07) is 12.2. The summed E-state index contributed by atoms with van der Waals surface area (Å²) in [5.41, 5.74) is 0.920. The molecule has 1 atom stereocenters. The lowest BCUT2D eigenvalue weighted by molar-refractivity contribution is -0.115. The molecule has 2 N–H and O–H groups in total. The van der Waals surface area contributed by atoms with Gasteiger partial charge in [-0.3, -0.25) is 9.59 Å². The maximum absolute atomic E-state index is 13.8. The number of amides is 2. The summed E-state index contributed by atoms with van der Waals surface area (Å²) in [6.07, 6.45) is 2.04. The van der Waals surface area contributed by atoms with E-state index in [0.717, 1.165) is 0 Å². The highest BCUT2D eigenvalue weighted by molar-refractivity contribution is 8.00. The highest BCUT2D eigenvalue weighted by Crippen LogP contribution is 2.24. The molecule has 2 aromatic carbocycles. The first-order valence-corrected chi connectivity index (χ1v) is 12.5. The highest BCUT2D eigenvalue weighted by Gasteiger charge is 2.20. The average molecular weight is 526 g/mol. The Hall–Kier alpha value is -3.99. The maximum Gasteiger partial charge on any atom is 0.338 e. The fourth-order valence-corrected chi connectivity index (χ4v) is 4.17. The summed E-state index contributed by atoms with van der Waals surface area (Å²) in [6.45, 7) is 8.17. The summed E-state index contributed by atoms with van der Waals surface area (Å²) >= 11 is 1.23. The van der Waals surface area contributed by atoms with Crippen molar-refractivity contribution in [2.24, 2.45) is 0 Å². The number of carbonyl (C=O) groups is 3. The standard InChI is InChI=1S/C26H28FN5O4S/c1-4-16-32-22(14-15-28-24(34)20-8-6-7-9-21(20)27)30-31-26(32)37-17(3)23(33)29-19-12-10-18(11-13-19)25(35)36-5-2/h4,6-13,17H,1,5,14-16H2,2-3H3,(H,28,34)(H,29,33)/t17-/m1/s1. The van der Waals surface area contributed by atoms with E-state index in [1.165, 1.54) is 30.0 Å². The molecule has 37 heavy (non-hydrogen) atoms. The van der Waals surface area contributed by atoms with Crippen LogP contribution in [0.5, 0.6) is 0 Å². The average Bonchev–Trinajstić information content (AvgIpc) is 3.25. The second kappa shape index (κ2) is 13.4. The van der Waals surface area contributed by atoms with Gasteiger partial charge in [0.15, 0.2) is 5.16 Å². The zero-order valence-electron chi connectivity index (χ0n) is 20.6. The third kappa shape index (κ3) is 7.50. The first-order valence-electron chi connectivity index (χ1n) is 11.6. The van der Waals surface area contributed by atoms with Gasteiger partial charge in [-0.2, -0.15) is 0 Å². The van der Waals surface area contributed by atoms with Crippen LogP contribution in [0.1, 0.15) is 40.4 Å². The van der Waals surface area contributed by atoms with Gasteiger partial charge in [-0.15, -0.1) is 16.8 Å². The van der Waals surface area contributed by atoms with Crippen molar-refractivity contribution in [3.63, 3.8) is 0 Å². The van der Waals surface area contributed by atoms with Crippen molar-refractivity contribution in [3.8, 4) is 0 Å². The Morgan fingerprint density at radius 1 is 1.16 bits per heavy atom. The van der Waals surface area contributed by atoms with Gasteiger partial charge in [-0.05, 0) is 50.2 Å². The Kier molecular flexibility index (Phi) is 9.96. The number of benzene rings is 2. The number of ether oxygens (including phenoxy) is 1. The number of rotatable bonds is 12. The lowest BCUT2D eigenvalue weighted by Gasteiger charge is -2.13. The lowest BCUT2D eigenvalue weighted by Crippen LogP contribution is -2.27. The molecule has 11 heteroatoms. The highest BCUT2D eigenvalue weighted by atomic mass is 32.2. The molecule has 0 aliphatic carbocycles. The molecule has 9 nitrogen and oxygen atoms in total. The zero-order valence-corrected chi connectivity index (χ0v) is 21.4. The third-order valence-corrected chi connectivity index (χ3v) is 6.25. The van der Waals surface area contributed by atoms with Crippen LogP contribution >= 0.6 is 11.8 Å². The number of esters is 1. The van der Waals surface area contributed by atoms with Crippen molar-refractivity contribution >= 4 is 35.2 Å². The number of halogens is 1. The minimum atomic E-state index is -0.587. The van der Waals surface area contributed by atoms with Crippen molar-refractivity contribution in [2.45, 2.75) is 37.2 Å². The van der Waals surface area contributed by atoms with Crippen molar-refractivity contribution in [2.75, 3.05) is 18.5 Å². The second-order valence-electron chi connectivity index (χ2n) is 7.83. The van der Waals surface area contributed by atoms with Crippen LogP contribution in [0.2, 0.25) is 0 Å². The number of aromatic nitrogens is 3. The van der Waals surface area contributed by atoms with Crippen molar-refractivity contribution in [1.82, 2.24) is 20.1 Å². The van der Waals surface area contributed by atoms with Crippen LogP contribution in [-0.4, -0.2) is 50.9 Å². The maximum atomic E-state index is 13.8. The predicted octanol–water partition coefficient (Wildman–Crippen LogP) is 3.87. The van der Waals surface area contributed by atoms with Crippen molar-refractivity contribution in [1.29, 1.82) is 0 Å². The molecule has 3 aromatic rings. The molecule has 0 saturated heterocycles. The third-order valence-electron chi connectivity index (χ3n) is 5.17. The lowest BCUT2D eigenvalue weighted by atomic mass is 10.2. The van der Waals surface area contributed by atoms with Gasteiger partial charge < -0.3 is 19.9 Å². The van der Waals surface area contributed by atoms with Crippen molar-refractivity contribution < 1.29 is 23.5 Å². The SMILES string of the molecule is C=CCn1c(CCNC(=O)c2ccccc2F)nnc1S[C@H](C)C(=O)Nc1ccc(C(=O)OCC)cc1. The minimum absolute atomic E-state index is 0.0262. The predicted molar refractivity (Wildman–Crippen MR) is 139 cm³/mol. The van der Waals surface area contributed by atoms with Crippen LogP contribution < -0.4 is 10.6 Å². The number of thioether (sulfide) groups is 1. The number of carbonyl (C=O) groups excluding carboxylic acids is 3. The molecule has 1 aromatic heterocycles. The van der Waals surface area contributed by atoms with E-state index in [1.54, 1.807) is 50.3 Å². The summed E-state index contributed by atoms with van der Waals surface area (Å²) in [5.74, 6) is -1.17. The van der Waals surface area contributed by atoms with E-state index >= 15 is 0 Å².